The molecule has 5 heteroatoms. The number of aromatic nitrogens is 3. The molecule has 0 atom stereocenters. The summed E-state index contributed by atoms with van der Waals surface area (Å²) in [6.45, 7) is 2.77. The van der Waals surface area contributed by atoms with Gasteiger partial charge < -0.3 is 10.3 Å². The lowest BCUT2D eigenvalue weighted by molar-refractivity contribution is 0.0946. The average molecular weight is 318 g/mol. The molecule has 0 saturated carbocycles. The highest BCUT2D eigenvalue weighted by Gasteiger charge is 2.20. The third-order valence-corrected chi connectivity index (χ3v) is 4.36. The molecule has 5 nitrogen and oxygen atoms in total. The van der Waals surface area contributed by atoms with Crippen molar-refractivity contribution < 1.29 is 4.79 Å². The van der Waals surface area contributed by atoms with Gasteiger partial charge in [-0.15, -0.1) is 0 Å². The molecule has 0 unspecified atom stereocenters. The Morgan fingerprint density at radius 1 is 1.12 bits per heavy atom. The quantitative estimate of drug-likeness (QED) is 0.780. The summed E-state index contributed by atoms with van der Waals surface area (Å²) in [4.78, 5) is 24.2. The molecule has 3 aromatic heterocycles. The van der Waals surface area contributed by atoms with Crippen molar-refractivity contribution in [3.63, 3.8) is 0 Å². The van der Waals surface area contributed by atoms with Gasteiger partial charge in [0.2, 0.25) is 0 Å². The van der Waals surface area contributed by atoms with Gasteiger partial charge in [-0.1, -0.05) is 6.92 Å². The smallest absolute Gasteiger partial charge is 0.253 e. The minimum absolute atomic E-state index is 0.00705. The van der Waals surface area contributed by atoms with E-state index in [1.165, 1.54) is 0 Å². The van der Waals surface area contributed by atoms with E-state index in [1.807, 2.05) is 36.5 Å². The normalized spacial score (nSPS) is 13.5. The SMILES string of the molecule is CCc1ccc(-c2cc(-c3cc4c([nH]3)CCNC4=O)ccn2)cn1. The molecule has 0 aromatic carbocycles. The summed E-state index contributed by atoms with van der Waals surface area (Å²) in [5, 5.41) is 2.87. The second kappa shape index (κ2) is 5.92. The predicted octanol–water partition coefficient (Wildman–Crippen LogP) is 2.99. The molecule has 0 bridgehead atoms. The van der Waals surface area contributed by atoms with Crippen molar-refractivity contribution in [3.05, 3.63) is 59.7 Å². The molecule has 4 rings (SSSR count). The zero-order valence-electron chi connectivity index (χ0n) is 13.5. The second-order valence-electron chi connectivity index (χ2n) is 5.90. The van der Waals surface area contributed by atoms with Crippen LogP contribution in [0, 0.1) is 0 Å². The van der Waals surface area contributed by atoms with Crippen molar-refractivity contribution in [2.24, 2.45) is 0 Å². The Bertz CT molecular complexity index is 896. The first-order chi connectivity index (χ1) is 11.7. The Balaban J connectivity index is 1.71. The van der Waals surface area contributed by atoms with E-state index in [0.717, 1.165) is 52.3 Å². The maximum absolute atomic E-state index is 11.9. The molecular formula is C19H18N4O. The number of pyridine rings is 2. The van der Waals surface area contributed by atoms with Crippen LogP contribution in [0.3, 0.4) is 0 Å². The first-order valence-electron chi connectivity index (χ1n) is 8.16. The number of nitrogens with zero attached hydrogens (tertiary/aromatic N) is 2. The van der Waals surface area contributed by atoms with E-state index in [2.05, 4.69) is 27.2 Å². The number of fused-ring (bicyclic) bond motifs is 1. The molecule has 24 heavy (non-hydrogen) atoms. The third-order valence-electron chi connectivity index (χ3n) is 4.36. The van der Waals surface area contributed by atoms with Crippen molar-refractivity contribution in [1.29, 1.82) is 0 Å². The number of aryl methyl sites for hydroxylation is 1. The van der Waals surface area contributed by atoms with Crippen molar-refractivity contribution in [1.82, 2.24) is 20.3 Å². The summed E-state index contributed by atoms with van der Waals surface area (Å²) in [7, 11) is 0. The highest BCUT2D eigenvalue weighted by Crippen LogP contribution is 2.26. The molecule has 120 valence electrons. The minimum atomic E-state index is -0.00705. The number of amides is 1. The minimum Gasteiger partial charge on any atom is -0.358 e. The molecule has 0 aliphatic carbocycles. The molecule has 0 spiro atoms. The van der Waals surface area contributed by atoms with Crippen LogP contribution in [0.4, 0.5) is 0 Å². The fourth-order valence-corrected chi connectivity index (χ4v) is 2.99. The molecule has 1 amide bonds. The maximum Gasteiger partial charge on any atom is 0.253 e. The van der Waals surface area contributed by atoms with Crippen molar-refractivity contribution >= 4 is 5.91 Å². The van der Waals surface area contributed by atoms with Gasteiger partial charge in [0.25, 0.3) is 5.91 Å². The van der Waals surface area contributed by atoms with Crippen LogP contribution < -0.4 is 5.32 Å². The summed E-state index contributed by atoms with van der Waals surface area (Å²) in [6, 6.07) is 9.97. The van der Waals surface area contributed by atoms with Crippen LogP contribution >= 0.6 is 0 Å². The van der Waals surface area contributed by atoms with Crippen LogP contribution in [-0.4, -0.2) is 27.4 Å². The molecule has 0 saturated heterocycles. The molecule has 4 heterocycles. The van der Waals surface area contributed by atoms with Gasteiger partial charge >= 0.3 is 0 Å². The Hall–Kier alpha value is -2.95. The van der Waals surface area contributed by atoms with Gasteiger partial charge in [-0.25, -0.2) is 0 Å². The lowest BCUT2D eigenvalue weighted by Crippen LogP contribution is -2.31. The monoisotopic (exact) mass is 318 g/mol. The summed E-state index contributed by atoms with van der Waals surface area (Å²) in [6.07, 6.45) is 5.40. The lowest BCUT2D eigenvalue weighted by atomic mass is 10.1. The van der Waals surface area contributed by atoms with Crippen molar-refractivity contribution in [2.45, 2.75) is 19.8 Å². The van der Waals surface area contributed by atoms with E-state index in [1.54, 1.807) is 6.20 Å². The van der Waals surface area contributed by atoms with E-state index in [-0.39, 0.29) is 5.91 Å². The average Bonchev–Trinajstić information content (AvgIpc) is 3.08. The Kier molecular flexibility index (Phi) is 3.61. The van der Waals surface area contributed by atoms with Crippen molar-refractivity contribution in [2.75, 3.05) is 6.54 Å². The van der Waals surface area contributed by atoms with E-state index < -0.39 is 0 Å². The topological polar surface area (TPSA) is 70.7 Å². The van der Waals surface area contributed by atoms with E-state index in [9.17, 15) is 4.79 Å². The number of nitrogens with one attached hydrogen (secondary N) is 2. The maximum atomic E-state index is 11.9. The van der Waals surface area contributed by atoms with Gasteiger partial charge in [-0.3, -0.25) is 14.8 Å². The largest absolute Gasteiger partial charge is 0.358 e. The van der Waals surface area contributed by atoms with Crippen LogP contribution in [0.15, 0.2) is 42.7 Å². The summed E-state index contributed by atoms with van der Waals surface area (Å²) >= 11 is 0. The zero-order valence-corrected chi connectivity index (χ0v) is 13.5. The van der Waals surface area contributed by atoms with E-state index in [0.29, 0.717) is 6.54 Å². The summed E-state index contributed by atoms with van der Waals surface area (Å²) < 4.78 is 0. The van der Waals surface area contributed by atoms with Crippen LogP contribution in [0.2, 0.25) is 0 Å². The van der Waals surface area contributed by atoms with Crippen LogP contribution in [0.5, 0.6) is 0 Å². The lowest BCUT2D eigenvalue weighted by Gasteiger charge is -2.10. The molecule has 0 radical (unpaired) electrons. The van der Waals surface area contributed by atoms with Gasteiger partial charge in [-0.2, -0.15) is 0 Å². The Morgan fingerprint density at radius 2 is 2.04 bits per heavy atom. The number of carbonyl (C=O) groups is 1. The number of H-pyrrole nitrogens is 1. The third kappa shape index (κ3) is 2.58. The fourth-order valence-electron chi connectivity index (χ4n) is 2.99. The molecular weight excluding hydrogens is 300 g/mol. The van der Waals surface area contributed by atoms with Crippen LogP contribution in [0.1, 0.15) is 28.7 Å². The number of hydrogen-bond acceptors (Lipinski definition) is 3. The molecule has 1 aliphatic heterocycles. The molecule has 2 N–H and O–H groups in total. The number of hydrogen-bond donors (Lipinski definition) is 2. The summed E-state index contributed by atoms with van der Waals surface area (Å²) in [5.41, 5.74) is 6.63. The van der Waals surface area contributed by atoms with E-state index in [4.69, 9.17) is 0 Å². The Labute approximate surface area is 140 Å². The molecule has 3 aromatic rings. The van der Waals surface area contributed by atoms with Gasteiger partial charge in [-0.05, 0) is 36.8 Å². The van der Waals surface area contributed by atoms with Gasteiger partial charge in [0.05, 0.1) is 11.3 Å². The second-order valence-corrected chi connectivity index (χ2v) is 5.90. The first-order valence-corrected chi connectivity index (χ1v) is 8.16. The fraction of sp³-hybridized carbons (Fsp3) is 0.211. The standard InChI is InChI=1S/C19H18N4O/c1-2-14-4-3-13(11-22-14)17-9-12(5-7-20-17)18-10-15-16(23-18)6-8-21-19(15)24/h3-5,7,9-11,23H,2,6,8H2,1H3,(H,21,24). The van der Waals surface area contributed by atoms with E-state index >= 15 is 0 Å². The zero-order chi connectivity index (χ0) is 16.5. The van der Waals surface area contributed by atoms with Crippen LogP contribution in [0.25, 0.3) is 22.5 Å². The van der Waals surface area contributed by atoms with Gasteiger partial charge in [0.1, 0.15) is 0 Å². The van der Waals surface area contributed by atoms with Gasteiger partial charge in [0.15, 0.2) is 0 Å². The molecule has 1 aliphatic rings. The number of aromatic amines is 1. The van der Waals surface area contributed by atoms with Crippen LogP contribution in [-0.2, 0) is 12.8 Å². The number of carbonyl (C=O) groups excluding carboxylic acids is 1. The highest BCUT2D eigenvalue weighted by atomic mass is 16.1. The predicted molar refractivity (Wildman–Crippen MR) is 92.7 cm³/mol. The summed E-state index contributed by atoms with van der Waals surface area (Å²) in [5.74, 6) is -0.00705. The van der Waals surface area contributed by atoms with Crippen molar-refractivity contribution in [3.8, 4) is 22.5 Å². The first kappa shape index (κ1) is 14.6. The Morgan fingerprint density at radius 3 is 2.79 bits per heavy atom. The molecule has 0 fully saturated rings. The highest BCUT2D eigenvalue weighted by molar-refractivity contribution is 5.97. The number of rotatable bonds is 3. The van der Waals surface area contributed by atoms with Gasteiger partial charge in [0, 0.05) is 53.6 Å².